The van der Waals surface area contributed by atoms with Crippen LogP contribution >= 0.6 is 0 Å². The molecule has 0 aromatic heterocycles. The second kappa shape index (κ2) is 7.05. The summed E-state index contributed by atoms with van der Waals surface area (Å²) >= 11 is 0. The number of para-hydroxylation sites is 2. The smallest absolute Gasteiger partial charge is 0.358 e. The Balaban J connectivity index is 0.000000902. The van der Waals surface area contributed by atoms with Gasteiger partial charge in [-0.2, -0.15) is 29.4 Å². The van der Waals surface area contributed by atoms with Gasteiger partial charge in [0.2, 0.25) is 0 Å². The Kier molecular flexibility index (Phi) is 5.71. The maximum absolute atomic E-state index is 4.38. The molecule has 0 aliphatic carbocycles. The first-order valence-electron chi connectivity index (χ1n) is 5.53. The van der Waals surface area contributed by atoms with Crippen LogP contribution in [0.15, 0.2) is 59.7 Å². The first-order chi connectivity index (χ1) is 8.43. The maximum Gasteiger partial charge on any atom is 2.00 e. The van der Waals surface area contributed by atoms with E-state index in [0.717, 1.165) is 18.0 Å². The van der Waals surface area contributed by atoms with Crippen molar-refractivity contribution < 1.29 is 19.5 Å². The molecule has 1 aliphatic heterocycles. The molecule has 3 rings (SSSR count). The van der Waals surface area contributed by atoms with Crippen LogP contribution in [0, 0.1) is 13.5 Å². The van der Waals surface area contributed by atoms with E-state index >= 15 is 0 Å². The Morgan fingerprint density at radius 3 is 2.42 bits per heavy atom. The summed E-state index contributed by atoms with van der Waals surface area (Å²) in [6, 6.07) is 21.2. The van der Waals surface area contributed by atoms with Gasteiger partial charge in [-0.3, -0.25) is 0 Å². The van der Waals surface area contributed by atoms with Gasteiger partial charge in [0.05, 0.1) is 5.69 Å². The molecular weight excluding hydrogens is 325 g/mol. The summed E-state index contributed by atoms with van der Waals surface area (Å²) in [4.78, 5) is 2.06. The van der Waals surface area contributed by atoms with Crippen LogP contribution in [-0.2, 0) is 19.5 Å². The van der Waals surface area contributed by atoms with Crippen LogP contribution in [0.25, 0.3) is 0 Å². The first kappa shape index (κ1) is 15.4. The zero-order valence-electron chi connectivity index (χ0n) is 10.7. The molecule has 2 aromatic carbocycles. The minimum Gasteiger partial charge on any atom is -0.358 e. The van der Waals surface area contributed by atoms with E-state index in [0.29, 0.717) is 0 Å². The Hall–Kier alpha value is -1.67. The number of hydrazone groups is 1. The van der Waals surface area contributed by atoms with Crippen molar-refractivity contribution in [3.63, 3.8) is 0 Å². The average Bonchev–Trinajstić information content (AvgIpc) is 2.90. The number of hydrogen-bond donors (Lipinski definition) is 0. The van der Waals surface area contributed by atoms with Gasteiger partial charge in [0.1, 0.15) is 13.0 Å². The van der Waals surface area contributed by atoms with Crippen LogP contribution in [0.2, 0.25) is 0 Å². The molecule has 0 unspecified atom stereocenters. The van der Waals surface area contributed by atoms with Gasteiger partial charge in [-0.05, 0) is 12.1 Å². The molecule has 4 heteroatoms. The number of hydrogen-bond acceptors (Lipinski definition) is 3. The van der Waals surface area contributed by atoms with E-state index in [1.807, 2.05) is 53.8 Å². The van der Waals surface area contributed by atoms with E-state index in [4.69, 9.17) is 0 Å². The molecule has 0 bridgehead atoms. The molecule has 0 spiro atoms. The third-order valence-electron chi connectivity index (χ3n) is 2.67. The summed E-state index contributed by atoms with van der Waals surface area (Å²) in [6.45, 7) is 0.727. The van der Waals surface area contributed by atoms with Crippen molar-refractivity contribution in [2.45, 2.75) is 0 Å². The fourth-order valence-electron chi connectivity index (χ4n) is 1.79. The largest absolute Gasteiger partial charge is 2.00 e. The third kappa shape index (κ3) is 3.42. The zero-order valence-corrected chi connectivity index (χ0v) is 12.3. The van der Waals surface area contributed by atoms with Crippen molar-refractivity contribution in [2.24, 2.45) is 5.10 Å². The molecule has 0 atom stereocenters. The molecule has 0 saturated carbocycles. The van der Waals surface area contributed by atoms with E-state index in [1.165, 1.54) is 0 Å². The molecule has 0 N–H and O–H groups in total. The molecule has 0 saturated heterocycles. The minimum atomic E-state index is 0. The van der Waals surface area contributed by atoms with E-state index in [-0.39, 0.29) is 26.9 Å². The first-order valence-corrected chi connectivity index (χ1v) is 5.53. The number of benzene rings is 2. The van der Waals surface area contributed by atoms with Gasteiger partial charge in [-0.15, -0.1) is 6.07 Å². The van der Waals surface area contributed by atoms with E-state index < -0.39 is 0 Å². The zero-order chi connectivity index (χ0) is 11.5. The van der Waals surface area contributed by atoms with Crippen LogP contribution in [0.3, 0.4) is 0 Å². The number of anilines is 2. The second-order valence-corrected chi connectivity index (χ2v) is 3.83. The Labute approximate surface area is 127 Å². The van der Waals surface area contributed by atoms with Crippen LogP contribution < -0.4 is 9.91 Å². The monoisotopic (exact) mass is 340 g/mol. The number of rotatable bonds is 2. The van der Waals surface area contributed by atoms with E-state index in [1.54, 1.807) is 0 Å². The van der Waals surface area contributed by atoms with Crippen molar-refractivity contribution in [3.8, 4) is 0 Å². The molecule has 0 fully saturated rings. The maximum atomic E-state index is 4.38. The van der Waals surface area contributed by atoms with Gasteiger partial charge in [-0.25, -0.2) is 5.01 Å². The van der Waals surface area contributed by atoms with Crippen LogP contribution in [-0.4, -0.2) is 13.0 Å². The molecule has 0 amide bonds. The fourth-order valence-corrected chi connectivity index (χ4v) is 1.79. The van der Waals surface area contributed by atoms with Gasteiger partial charge >= 0.3 is 19.5 Å². The molecule has 99 valence electrons. The third-order valence-corrected chi connectivity index (χ3v) is 2.67. The van der Waals surface area contributed by atoms with Crippen LogP contribution in [0.4, 0.5) is 11.4 Å². The molecule has 1 heterocycles. The summed E-state index contributed by atoms with van der Waals surface area (Å²) in [5.74, 6) is 0. The fraction of sp³-hybridized carbons (Fsp3) is 0.0667. The Morgan fingerprint density at radius 2 is 1.74 bits per heavy atom. The summed E-state index contributed by atoms with van der Waals surface area (Å²) in [5, 5.41) is 6.34. The molecule has 2 aromatic rings. The van der Waals surface area contributed by atoms with Gasteiger partial charge in [0.15, 0.2) is 0 Å². The summed E-state index contributed by atoms with van der Waals surface area (Å²) in [7, 11) is 0. The molecule has 1 radical (unpaired) electrons. The average molecular weight is 340 g/mol. The van der Waals surface area contributed by atoms with Gasteiger partial charge in [0.25, 0.3) is 0 Å². The normalized spacial score (nSPS) is 12.8. The molecule has 19 heavy (non-hydrogen) atoms. The van der Waals surface area contributed by atoms with Gasteiger partial charge in [0, 0.05) is 0 Å². The molecular formula is C15H15N3Rh. The topological polar surface area (TPSA) is 18.8 Å². The standard InChI is InChI=1S/C14H12N3.CH3.Rh/c1-3-7-13(8-4-1)16-11-15-17(12-16)14-9-5-2-6-10-14;;/h1-7,9-11H,12H2;1H3;/q2*-1;+2. The van der Waals surface area contributed by atoms with Gasteiger partial charge in [-0.1, -0.05) is 23.9 Å². The van der Waals surface area contributed by atoms with Crippen LogP contribution in [0.5, 0.6) is 0 Å². The second-order valence-electron chi connectivity index (χ2n) is 3.83. The van der Waals surface area contributed by atoms with Crippen molar-refractivity contribution >= 4 is 17.7 Å². The summed E-state index contributed by atoms with van der Waals surface area (Å²) < 4.78 is 0. The summed E-state index contributed by atoms with van der Waals surface area (Å²) in [5.41, 5.74) is 2.14. The Bertz CT molecular complexity index is 466. The number of nitrogens with zero attached hydrogens (tertiary/aromatic N) is 3. The molecule has 1 aliphatic rings. The van der Waals surface area contributed by atoms with Crippen molar-refractivity contribution in [1.82, 2.24) is 0 Å². The van der Waals surface area contributed by atoms with E-state index in [9.17, 15) is 0 Å². The van der Waals surface area contributed by atoms with Crippen molar-refractivity contribution in [2.75, 3.05) is 16.6 Å². The summed E-state index contributed by atoms with van der Waals surface area (Å²) in [6.07, 6.45) is 1.83. The predicted molar refractivity (Wildman–Crippen MR) is 76.5 cm³/mol. The van der Waals surface area contributed by atoms with Crippen LogP contribution in [0.1, 0.15) is 0 Å². The van der Waals surface area contributed by atoms with Crippen molar-refractivity contribution in [1.29, 1.82) is 0 Å². The Morgan fingerprint density at radius 1 is 1.00 bits per heavy atom. The minimum absolute atomic E-state index is 0. The molecule has 3 nitrogen and oxygen atoms in total. The SMILES string of the molecule is [CH3-].[Rh+2].[c-]1ccccc1N1C=NN(c2ccccc2)C1. The van der Waals surface area contributed by atoms with Gasteiger partial charge < -0.3 is 12.3 Å². The predicted octanol–water partition coefficient (Wildman–Crippen LogP) is 3.16. The van der Waals surface area contributed by atoms with Crippen molar-refractivity contribution in [3.05, 3.63) is 68.1 Å². The van der Waals surface area contributed by atoms with E-state index in [2.05, 4.69) is 28.2 Å². The quantitative estimate of drug-likeness (QED) is 0.618.